The number of carbonyl (C=O) groups excluding carboxylic acids is 3. The van der Waals surface area contributed by atoms with Crippen molar-refractivity contribution in [1.82, 2.24) is 9.80 Å². The molecule has 4 fully saturated rings. The average molecular weight is 775 g/mol. The number of esters is 1. The number of aliphatic carboxylic acids is 1. The summed E-state index contributed by atoms with van der Waals surface area (Å²) in [6.45, 7) is 17.8. The van der Waals surface area contributed by atoms with Crippen molar-refractivity contribution in [3.05, 3.63) is 47.0 Å². The first-order chi connectivity index (χ1) is 26.1. The summed E-state index contributed by atoms with van der Waals surface area (Å²) in [5.74, 6) is 0.192. The fourth-order valence-electron chi connectivity index (χ4n) is 13.4. The molecule has 2 N–H and O–H groups in total. The van der Waals surface area contributed by atoms with E-state index in [1.165, 1.54) is 5.57 Å². The number of fused-ring (bicyclic) bond motifs is 7. The molecule has 0 aromatic heterocycles. The molecule has 9 heteroatoms. The predicted molar refractivity (Wildman–Crippen MR) is 217 cm³/mol. The Morgan fingerprint density at radius 3 is 2.20 bits per heavy atom. The molecule has 6 rings (SSSR count). The molecular formula is C47H70N2O7. The van der Waals surface area contributed by atoms with Gasteiger partial charge in [-0.15, -0.1) is 0 Å². The number of likely N-dealkylation sites (N-methyl/N-ethyl adjacent to an activating group) is 1. The molecule has 5 aliphatic rings. The van der Waals surface area contributed by atoms with E-state index >= 15 is 0 Å². The van der Waals surface area contributed by atoms with Gasteiger partial charge in [0.2, 0.25) is 5.91 Å². The van der Waals surface area contributed by atoms with Crippen LogP contribution < -0.4 is 0 Å². The summed E-state index contributed by atoms with van der Waals surface area (Å²) in [6.07, 6.45) is 6.59. The Morgan fingerprint density at radius 1 is 0.911 bits per heavy atom. The van der Waals surface area contributed by atoms with E-state index in [-0.39, 0.29) is 65.4 Å². The van der Waals surface area contributed by atoms with Crippen molar-refractivity contribution < 1.29 is 34.1 Å². The zero-order valence-electron chi connectivity index (χ0n) is 36.0. The number of ketones is 1. The largest absolute Gasteiger partial charge is 0.481 e. The van der Waals surface area contributed by atoms with Gasteiger partial charge in [0.15, 0.2) is 5.78 Å². The highest BCUT2D eigenvalue weighted by molar-refractivity contribution is 6.00. The van der Waals surface area contributed by atoms with E-state index in [0.717, 1.165) is 62.5 Å². The highest BCUT2D eigenvalue weighted by Gasteiger charge is 2.67. The topological polar surface area (TPSA) is 124 Å². The van der Waals surface area contributed by atoms with Gasteiger partial charge in [-0.3, -0.25) is 19.2 Å². The van der Waals surface area contributed by atoms with Crippen molar-refractivity contribution in [2.45, 2.75) is 138 Å². The summed E-state index contributed by atoms with van der Waals surface area (Å²) in [4.78, 5) is 56.5. The monoisotopic (exact) mass is 775 g/mol. The van der Waals surface area contributed by atoms with E-state index in [1.54, 1.807) is 18.7 Å². The van der Waals surface area contributed by atoms with Crippen molar-refractivity contribution in [1.29, 1.82) is 0 Å². The maximum atomic E-state index is 14.2. The van der Waals surface area contributed by atoms with Crippen LogP contribution in [0.25, 0.3) is 0 Å². The van der Waals surface area contributed by atoms with Crippen LogP contribution in [-0.2, 0) is 30.5 Å². The average Bonchev–Trinajstić information content (AvgIpc) is 3.42. The molecule has 0 spiro atoms. The van der Waals surface area contributed by atoms with Gasteiger partial charge in [-0.05, 0) is 131 Å². The minimum Gasteiger partial charge on any atom is -0.481 e. The number of hydrogen-bond donors (Lipinski definition) is 2. The van der Waals surface area contributed by atoms with Gasteiger partial charge < -0.3 is 24.7 Å². The molecule has 0 saturated heterocycles. The van der Waals surface area contributed by atoms with E-state index in [9.17, 15) is 29.4 Å². The van der Waals surface area contributed by atoms with Crippen LogP contribution in [0.4, 0.5) is 0 Å². The van der Waals surface area contributed by atoms with Gasteiger partial charge in [0.05, 0.1) is 24.5 Å². The maximum absolute atomic E-state index is 14.2. The zero-order valence-corrected chi connectivity index (χ0v) is 36.0. The molecule has 1 aromatic carbocycles. The first-order valence-corrected chi connectivity index (χ1v) is 21.4. The molecule has 8 unspecified atom stereocenters. The second kappa shape index (κ2) is 15.3. The highest BCUT2D eigenvalue weighted by Crippen LogP contribution is 2.73. The van der Waals surface area contributed by atoms with Crippen molar-refractivity contribution in [2.75, 3.05) is 27.2 Å². The second-order valence-corrected chi connectivity index (χ2v) is 20.9. The SMILES string of the molecule is CC(C)C1=C2C3CCC4C(C)(CCC5C(C)(C)C(OC(=O)CC(C)(C)C(=O)O)CCC54C)C3CCC2([C@@H](O)CN(Cc2ccccc2)C(=O)CN(C)C)CC1=O. The molecule has 4 saturated carbocycles. The Kier molecular flexibility index (Phi) is 11.6. The first kappa shape index (κ1) is 42.6. The third kappa shape index (κ3) is 7.30. The Balaban J connectivity index is 1.27. The zero-order chi connectivity index (χ0) is 41.2. The summed E-state index contributed by atoms with van der Waals surface area (Å²) in [6, 6.07) is 9.96. The van der Waals surface area contributed by atoms with Crippen LogP contribution in [0.2, 0.25) is 0 Å². The van der Waals surface area contributed by atoms with Crippen molar-refractivity contribution in [3.63, 3.8) is 0 Å². The fourth-order valence-corrected chi connectivity index (χ4v) is 13.4. The number of carboxylic acid groups (broad SMARTS) is 1. The Hall–Kier alpha value is -3.04. The third-order valence-electron chi connectivity index (χ3n) is 16.1. The number of aliphatic hydroxyl groups excluding tert-OH is 1. The number of carboxylic acids is 1. The minimum atomic E-state index is -1.18. The summed E-state index contributed by atoms with van der Waals surface area (Å²) < 4.78 is 6.16. The van der Waals surface area contributed by atoms with E-state index in [1.807, 2.05) is 49.3 Å². The smallest absolute Gasteiger partial charge is 0.309 e. The minimum absolute atomic E-state index is 0.0311. The van der Waals surface area contributed by atoms with Gasteiger partial charge in [-0.25, -0.2) is 0 Å². The molecule has 9 atom stereocenters. The summed E-state index contributed by atoms with van der Waals surface area (Å²) in [5.41, 5.74) is 1.15. The molecule has 0 bridgehead atoms. The van der Waals surface area contributed by atoms with Crippen LogP contribution in [0.3, 0.4) is 0 Å². The molecular weight excluding hydrogens is 705 g/mol. The second-order valence-electron chi connectivity index (χ2n) is 20.9. The number of hydrogen-bond acceptors (Lipinski definition) is 7. The molecule has 56 heavy (non-hydrogen) atoms. The molecule has 5 aliphatic carbocycles. The molecule has 0 aliphatic heterocycles. The van der Waals surface area contributed by atoms with Crippen molar-refractivity contribution in [3.8, 4) is 0 Å². The lowest BCUT2D eigenvalue weighted by atomic mass is 9.36. The molecule has 1 amide bonds. The Bertz CT molecular complexity index is 1720. The lowest BCUT2D eigenvalue weighted by molar-refractivity contribution is -0.214. The first-order valence-electron chi connectivity index (χ1n) is 21.4. The van der Waals surface area contributed by atoms with E-state index in [0.29, 0.717) is 30.7 Å². The molecule has 0 radical (unpaired) electrons. The number of rotatable bonds is 12. The molecule has 9 nitrogen and oxygen atoms in total. The standard InChI is InChI=1S/C47H70N2O7/c1-29(2)40-33(50)24-47(36(51)27-49(38(52)28-48(9)10)26-30-14-12-11-13-15-30)23-18-32-31(41(40)47)16-17-35-45(32,7)21-19-34-44(5,6)37(20-22-46(34,35)8)56-39(53)25-43(3,4)42(54)55/h11-15,29,31-32,34-37,51H,16-28H2,1-10H3,(H,54,55)/t31?,32?,34?,35?,36-,37?,45?,46?,47?/m0/s1. The van der Waals surface area contributed by atoms with Gasteiger partial charge in [0, 0.05) is 30.3 Å². The summed E-state index contributed by atoms with van der Waals surface area (Å²) in [5, 5.41) is 22.2. The van der Waals surface area contributed by atoms with Crippen LogP contribution in [0.5, 0.6) is 0 Å². The van der Waals surface area contributed by atoms with Gasteiger partial charge in [-0.2, -0.15) is 0 Å². The molecule has 1 aromatic rings. The van der Waals surface area contributed by atoms with Gasteiger partial charge in [0.25, 0.3) is 0 Å². The number of aliphatic hydroxyl groups is 1. The number of carbonyl (C=O) groups is 4. The fraction of sp³-hybridized carbons (Fsp3) is 0.745. The lowest BCUT2D eigenvalue weighted by Gasteiger charge is -2.69. The summed E-state index contributed by atoms with van der Waals surface area (Å²) >= 11 is 0. The molecule has 310 valence electrons. The van der Waals surface area contributed by atoms with Gasteiger partial charge in [-0.1, -0.05) is 77.4 Å². The van der Waals surface area contributed by atoms with E-state index < -0.39 is 28.9 Å². The van der Waals surface area contributed by atoms with Gasteiger partial charge >= 0.3 is 11.9 Å². The van der Waals surface area contributed by atoms with Gasteiger partial charge in [0.1, 0.15) is 6.10 Å². The highest BCUT2D eigenvalue weighted by atomic mass is 16.5. The summed E-state index contributed by atoms with van der Waals surface area (Å²) in [7, 11) is 3.77. The van der Waals surface area contributed by atoms with Crippen LogP contribution in [0.1, 0.15) is 125 Å². The molecule has 0 heterocycles. The van der Waals surface area contributed by atoms with E-state index in [2.05, 4.69) is 41.5 Å². The predicted octanol–water partition coefficient (Wildman–Crippen LogP) is 7.94. The van der Waals surface area contributed by atoms with Crippen LogP contribution >= 0.6 is 0 Å². The van der Waals surface area contributed by atoms with E-state index in [4.69, 9.17) is 4.74 Å². The quantitative estimate of drug-likeness (QED) is 0.205. The lowest BCUT2D eigenvalue weighted by Crippen LogP contribution is -2.63. The number of nitrogens with zero attached hydrogens (tertiary/aromatic N) is 2. The van der Waals surface area contributed by atoms with Crippen LogP contribution in [-0.4, -0.2) is 83.0 Å². The number of benzene rings is 1. The van der Waals surface area contributed by atoms with Crippen molar-refractivity contribution in [2.24, 2.45) is 56.7 Å². The Morgan fingerprint density at radius 2 is 1.57 bits per heavy atom. The number of ether oxygens (including phenoxy) is 1. The van der Waals surface area contributed by atoms with Crippen LogP contribution in [0, 0.1) is 56.7 Å². The van der Waals surface area contributed by atoms with Crippen LogP contribution in [0.15, 0.2) is 41.5 Å². The number of allylic oxidation sites excluding steroid dienone is 1. The number of Topliss-reactive ketones (excluding diaryl/α,β-unsaturated/α-hetero) is 1. The maximum Gasteiger partial charge on any atom is 0.309 e. The number of amides is 1. The Labute approximate surface area is 336 Å². The van der Waals surface area contributed by atoms with Crippen molar-refractivity contribution >= 4 is 23.6 Å². The normalized spacial score (nSPS) is 34.3. The third-order valence-corrected chi connectivity index (χ3v) is 16.1.